The van der Waals surface area contributed by atoms with Crippen LogP contribution in [0.2, 0.25) is 15.1 Å². The number of sulfonamides is 1. The number of hydrogen-bond acceptors (Lipinski definition) is 5. The van der Waals surface area contributed by atoms with E-state index < -0.39 is 22.5 Å². The Morgan fingerprint density at radius 3 is 2.29 bits per heavy atom. The molecule has 3 aromatic carbocycles. The van der Waals surface area contributed by atoms with Gasteiger partial charge in [-0.05, 0) is 65.7 Å². The summed E-state index contributed by atoms with van der Waals surface area (Å²) in [6, 6.07) is 18.7. The third-order valence-corrected chi connectivity index (χ3v) is 6.61. The van der Waals surface area contributed by atoms with E-state index in [2.05, 4.69) is 10.5 Å². The molecule has 0 aliphatic heterocycles. The van der Waals surface area contributed by atoms with Crippen molar-refractivity contribution in [2.75, 3.05) is 17.1 Å². The molecule has 0 fully saturated rings. The third kappa shape index (κ3) is 7.63. The van der Waals surface area contributed by atoms with Crippen LogP contribution in [0.4, 0.5) is 5.69 Å². The van der Waals surface area contributed by atoms with Crippen molar-refractivity contribution in [1.29, 1.82) is 0 Å². The molecule has 0 atom stereocenters. The van der Waals surface area contributed by atoms with Crippen LogP contribution in [0.1, 0.15) is 11.1 Å². The number of halogens is 3. The number of nitrogens with one attached hydrogen (secondary N) is 1. The molecule has 3 aromatic rings. The van der Waals surface area contributed by atoms with E-state index in [0.717, 1.165) is 16.1 Å². The Labute approximate surface area is 212 Å². The number of amides is 1. The maximum atomic E-state index is 12.3. The van der Waals surface area contributed by atoms with Crippen molar-refractivity contribution in [2.45, 2.75) is 6.61 Å². The fourth-order valence-electron chi connectivity index (χ4n) is 2.78. The van der Waals surface area contributed by atoms with Gasteiger partial charge in [-0.1, -0.05) is 46.9 Å². The Morgan fingerprint density at radius 2 is 1.68 bits per heavy atom. The molecule has 1 amide bonds. The molecule has 7 nitrogen and oxygen atoms in total. The van der Waals surface area contributed by atoms with E-state index in [4.69, 9.17) is 39.5 Å². The van der Waals surface area contributed by atoms with Crippen LogP contribution in [0.3, 0.4) is 0 Å². The highest BCUT2D eigenvalue weighted by molar-refractivity contribution is 7.92. The van der Waals surface area contributed by atoms with E-state index >= 15 is 0 Å². The van der Waals surface area contributed by atoms with E-state index in [9.17, 15) is 13.2 Å². The number of nitrogens with zero attached hydrogens (tertiary/aromatic N) is 2. The van der Waals surface area contributed by atoms with Gasteiger partial charge in [0.2, 0.25) is 10.0 Å². The number of ether oxygens (including phenoxy) is 1. The average Bonchev–Trinajstić information content (AvgIpc) is 2.79. The monoisotopic (exact) mass is 539 g/mol. The zero-order valence-corrected chi connectivity index (χ0v) is 21.0. The minimum atomic E-state index is -3.75. The highest BCUT2D eigenvalue weighted by atomic mass is 35.5. The summed E-state index contributed by atoms with van der Waals surface area (Å²) in [6.07, 6.45) is 2.42. The van der Waals surface area contributed by atoms with Gasteiger partial charge in [0.25, 0.3) is 5.91 Å². The summed E-state index contributed by atoms with van der Waals surface area (Å²) in [4.78, 5) is 12.3. The van der Waals surface area contributed by atoms with Crippen molar-refractivity contribution in [3.63, 3.8) is 0 Å². The number of hydrazone groups is 1. The third-order valence-electron chi connectivity index (χ3n) is 4.48. The minimum Gasteiger partial charge on any atom is -0.489 e. The van der Waals surface area contributed by atoms with Crippen molar-refractivity contribution in [3.8, 4) is 5.75 Å². The lowest BCUT2D eigenvalue weighted by Crippen LogP contribution is -2.39. The van der Waals surface area contributed by atoms with Gasteiger partial charge in [-0.25, -0.2) is 13.8 Å². The smallest absolute Gasteiger partial charge is 0.260 e. The molecule has 0 spiro atoms. The standard InChI is InChI=1S/C23H20Cl3N3O4S/c1-34(31,32)29(19-8-11-21(25)22(26)12-19)14-23(30)28-27-13-16-4-9-20(10-5-16)33-15-17-2-6-18(24)7-3-17/h2-13H,14-15H2,1H3,(H,28,30)/b27-13-. The van der Waals surface area contributed by atoms with Gasteiger partial charge in [0, 0.05) is 5.02 Å². The summed E-state index contributed by atoms with van der Waals surface area (Å²) in [6.45, 7) is -0.0814. The maximum Gasteiger partial charge on any atom is 0.260 e. The SMILES string of the molecule is CS(=O)(=O)N(CC(=O)N/N=C\c1ccc(OCc2ccc(Cl)cc2)cc1)c1ccc(Cl)c(Cl)c1. The second-order valence-corrected chi connectivity index (χ2v) is 10.3. The van der Waals surface area contributed by atoms with E-state index in [0.29, 0.717) is 22.9 Å². The molecule has 0 aromatic heterocycles. The van der Waals surface area contributed by atoms with Gasteiger partial charge in [-0.15, -0.1) is 0 Å². The molecule has 0 aliphatic rings. The van der Waals surface area contributed by atoms with Crippen molar-refractivity contribution < 1.29 is 17.9 Å². The highest BCUT2D eigenvalue weighted by Crippen LogP contribution is 2.28. The largest absolute Gasteiger partial charge is 0.489 e. The number of rotatable bonds is 9. The summed E-state index contributed by atoms with van der Waals surface area (Å²) in [5.74, 6) is 0.0391. The van der Waals surface area contributed by atoms with E-state index in [1.165, 1.54) is 24.4 Å². The van der Waals surface area contributed by atoms with Crippen LogP contribution in [0.15, 0.2) is 71.8 Å². The Bertz CT molecular complexity index is 1280. The minimum absolute atomic E-state index is 0.173. The van der Waals surface area contributed by atoms with Gasteiger partial charge in [0.05, 0.1) is 28.2 Å². The first kappa shape index (κ1) is 25.8. The number of benzene rings is 3. The lowest BCUT2D eigenvalue weighted by Gasteiger charge is -2.21. The normalized spacial score (nSPS) is 11.4. The summed E-state index contributed by atoms with van der Waals surface area (Å²) in [5, 5.41) is 5.00. The second-order valence-electron chi connectivity index (χ2n) is 7.15. The molecular formula is C23H20Cl3N3O4S. The number of anilines is 1. The van der Waals surface area contributed by atoms with Gasteiger partial charge in [0.15, 0.2) is 0 Å². The molecule has 178 valence electrons. The van der Waals surface area contributed by atoms with Crippen LogP contribution in [-0.2, 0) is 21.4 Å². The summed E-state index contributed by atoms with van der Waals surface area (Å²) in [7, 11) is -3.75. The van der Waals surface area contributed by atoms with Gasteiger partial charge in [0.1, 0.15) is 18.9 Å². The van der Waals surface area contributed by atoms with Gasteiger partial charge < -0.3 is 4.74 Å². The average molecular weight is 541 g/mol. The molecule has 0 saturated carbocycles. The van der Waals surface area contributed by atoms with Crippen LogP contribution in [0, 0.1) is 0 Å². The number of hydrogen-bond donors (Lipinski definition) is 1. The fraction of sp³-hybridized carbons (Fsp3) is 0.130. The zero-order valence-electron chi connectivity index (χ0n) is 17.9. The molecule has 0 saturated heterocycles. The first-order valence-electron chi connectivity index (χ1n) is 9.84. The van der Waals surface area contributed by atoms with Crippen molar-refractivity contribution in [1.82, 2.24) is 5.43 Å². The van der Waals surface area contributed by atoms with Crippen LogP contribution in [0.25, 0.3) is 0 Å². The predicted molar refractivity (Wildman–Crippen MR) is 137 cm³/mol. The molecule has 34 heavy (non-hydrogen) atoms. The first-order valence-corrected chi connectivity index (χ1v) is 12.8. The zero-order chi connectivity index (χ0) is 24.7. The molecule has 0 radical (unpaired) electrons. The second kappa shape index (κ2) is 11.6. The highest BCUT2D eigenvalue weighted by Gasteiger charge is 2.21. The first-order chi connectivity index (χ1) is 16.1. The lowest BCUT2D eigenvalue weighted by molar-refractivity contribution is -0.119. The molecule has 0 bridgehead atoms. The summed E-state index contributed by atoms with van der Waals surface area (Å²) >= 11 is 17.7. The number of carbonyl (C=O) groups excluding carboxylic acids is 1. The van der Waals surface area contributed by atoms with Crippen molar-refractivity contribution >= 4 is 62.6 Å². The number of carbonyl (C=O) groups is 1. The molecule has 11 heteroatoms. The molecule has 3 rings (SSSR count). The maximum absolute atomic E-state index is 12.3. The fourth-order valence-corrected chi connectivity index (χ4v) is 4.05. The van der Waals surface area contributed by atoms with Gasteiger partial charge >= 0.3 is 0 Å². The summed E-state index contributed by atoms with van der Waals surface area (Å²) in [5.41, 5.74) is 4.23. The lowest BCUT2D eigenvalue weighted by atomic mass is 10.2. The van der Waals surface area contributed by atoms with Gasteiger partial charge in [-0.3, -0.25) is 9.10 Å². The molecule has 0 aliphatic carbocycles. The van der Waals surface area contributed by atoms with Crippen molar-refractivity contribution in [2.24, 2.45) is 5.10 Å². The quantitative estimate of drug-likeness (QED) is 0.301. The molecule has 0 heterocycles. The van der Waals surface area contributed by atoms with Gasteiger partial charge in [-0.2, -0.15) is 5.10 Å². The molecule has 0 unspecified atom stereocenters. The molecular weight excluding hydrogens is 521 g/mol. The van der Waals surface area contributed by atoms with E-state index in [-0.39, 0.29) is 15.7 Å². The predicted octanol–water partition coefficient (Wildman–Crippen LogP) is 5.14. The van der Waals surface area contributed by atoms with Crippen molar-refractivity contribution in [3.05, 3.63) is 92.9 Å². The Morgan fingerprint density at radius 1 is 1.00 bits per heavy atom. The van der Waals surface area contributed by atoms with Crippen LogP contribution in [-0.4, -0.2) is 33.3 Å². The Kier molecular flexibility index (Phi) is 8.79. The van der Waals surface area contributed by atoms with Crippen LogP contribution >= 0.6 is 34.8 Å². The van der Waals surface area contributed by atoms with Crippen LogP contribution < -0.4 is 14.5 Å². The Balaban J connectivity index is 1.55. The topological polar surface area (TPSA) is 88.1 Å². The molecule has 1 N–H and O–H groups in total. The van der Waals surface area contributed by atoms with E-state index in [1.807, 2.05) is 12.1 Å². The Hall–Kier alpha value is -2.78. The van der Waals surface area contributed by atoms with Crippen LogP contribution in [0.5, 0.6) is 5.75 Å². The summed E-state index contributed by atoms with van der Waals surface area (Å²) < 4.78 is 31.0. The van der Waals surface area contributed by atoms with E-state index in [1.54, 1.807) is 36.4 Å².